The molecule has 4 nitrogen and oxygen atoms in total. The van der Waals surface area contributed by atoms with Gasteiger partial charge < -0.3 is 5.11 Å². The van der Waals surface area contributed by atoms with E-state index in [1.165, 1.54) is 0 Å². The minimum Gasteiger partial charge on any atom is -0.477 e. The molecule has 0 bridgehead atoms. The lowest BCUT2D eigenvalue weighted by Crippen LogP contribution is -2.08. The third-order valence-corrected chi connectivity index (χ3v) is 2.42. The van der Waals surface area contributed by atoms with Crippen LogP contribution in [0.15, 0.2) is 36.5 Å². The zero-order chi connectivity index (χ0) is 12.3. The molecule has 0 aliphatic carbocycles. The van der Waals surface area contributed by atoms with Crippen LogP contribution in [0.1, 0.15) is 27.4 Å². The van der Waals surface area contributed by atoms with E-state index in [0.29, 0.717) is 17.8 Å². The highest BCUT2D eigenvalue weighted by molar-refractivity contribution is 5.87. The summed E-state index contributed by atoms with van der Waals surface area (Å²) in [6.07, 6.45) is 2.11. The maximum Gasteiger partial charge on any atom is 0.354 e. The molecule has 2 aromatic rings. The summed E-state index contributed by atoms with van der Waals surface area (Å²) >= 11 is 0. The van der Waals surface area contributed by atoms with Crippen LogP contribution in [0.25, 0.3) is 0 Å². The highest BCUT2D eigenvalue weighted by atomic mass is 16.4. The molecule has 0 unspecified atom stereocenters. The number of carboxylic acid groups (broad SMARTS) is 1. The van der Waals surface area contributed by atoms with Gasteiger partial charge in [0.05, 0.1) is 0 Å². The molecule has 0 amide bonds. The molecule has 1 aromatic carbocycles. The SMILES string of the molecule is Cc1ncc(Cc2ccccc2)c(C(=O)O)n1. The largest absolute Gasteiger partial charge is 0.477 e. The van der Waals surface area contributed by atoms with Crippen LogP contribution in [0.5, 0.6) is 0 Å². The van der Waals surface area contributed by atoms with Crippen molar-refractivity contribution in [2.75, 3.05) is 0 Å². The zero-order valence-corrected chi connectivity index (χ0v) is 9.42. The summed E-state index contributed by atoms with van der Waals surface area (Å²) in [5, 5.41) is 9.08. The Kier molecular flexibility index (Phi) is 3.14. The van der Waals surface area contributed by atoms with Crippen LogP contribution in [0.3, 0.4) is 0 Å². The first kappa shape index (κ1) is 11.3. The summed E-state index contributed by atoms with van der Waals surface area (Å²) in [6.45, 7) is 1.68. The van der Waals surface area contributed by atoms with Gasteiger partial charge in [-0.25, -0.2) is 14.8 Å². The van der Waals surface area contributed by atoms with Gasteiger partial charge in [-0.3, -0.25) is 0 Å². The fraction of sp³-hybridized carbons (Fsp3) is 0.154. The van der Waals surface area contributed by atoms with Gasteiger partial charge in [-0.15, -0.1) is 0 Å². The van der Waals surface area contributed by atoms with Crippen molar-refractivity contribution < 1.29 is 9.90 Å². The number of nitrogens with zero attached hydrogens (tertiary/aromatic N) is 2. The van der Waals surface area contributed by atoms with Crippen LogP contribution in [-0.4, -0.2) is 21.0 Å². The molecule has 0 atom stereocenters. The molecule has 0 saturated carbocycles. The maximum atomic E-state index is 11.1. The van der Waals surface area contributed by atoms with E-state index in [2.05, 4.69) is 9.97 Å². The quantitative estimate of drug-likeness (QED) is 0.873. The number of benzene rings is 1. The van der Waals surface area contributed by atoms with E-state index in [1.807, 2.05) is 30.3 Å². The van der Waals surface area contributed by atoms with E-state index in [0.717, 1.165) is 5.56 Å². The first-order valence-corrected chi connectivity index (χ1v) is 5.26. The molecule has 0 fully saturated rings. The molecule has 0 radical (unpaired) electrons. The Morgan fingerprint density at radius 3 is 2.65 bits per heavy atom. The lowest BCUT2D eigenvalue weighted by atomic mass is 10.1. The van der Waals surface area contributed by atoms with Crippen LogP contribution in [-0.2, 0) is 6.42 Å². The average Bonchev–Trinajstić information content (AvgIpc) is 2.32. The molecule has 0 aliphatic rings. The number of hydrogen-bond acceptors (Lipinski definition) is 3. The van der Waals surface area contributed by atoms with Crippen molar-refractivity contribution in [1.82, 2.24) is 9.97 Å². The summed E-state index contributed by atoms with van der Waals surface area (Å²) in [5.74, 6) is -0.541. The number of hydrogen-bond donors (Lipinski definition) is 1. The number of carbonyl (C=O) groups is 1. The van der Waals surface area contributed by atoms with Gasteiger partial charge in [0.1, 0.15) is 5.82 Å². The summed E-state index contributed by atoms with van der Waals surface area (Å²) in [4.78, 5) is 19.1. The van der Waals surface area contributed by atoms with Crippen molar-refractivity contribution in [2.24, 2.45) is 0 Å². The van der Waals surface area contributed by atoms with Crippen molar-refractivity contribution in [3.05, 3.63) is 59.2 Å². The molecule has 86 valence electrons. The smallest absolute Gasteiger partial charge is 0.354 e. The topological polar surface area (TPSA) is 63.1 Å². The van der Waals surface area contributed by atoms with Gasteiger partial charge in [0.25, 0.3) is 0 Å². The average molecular weight is 228 g/mol. The Hall–Kier alpha value is -2.23. The predicted molar refractivity (Wildman–Crippen MR) is 63.0 cm³/mol. The van der Waals surface area contributed by atoms with Crippen molar-refractivity contribution in [3.63, 3.8) is 0 Å². The molecule has 0 spiro atoms. The van der Waals surface area contributed by atoms with Gasteiger partial charge in [-0.2, -0.15) is 0 Å². The summed E-state index contributed by atoms with van der Waals surface area (Å²) in [7, 11) is 0. The van der Waals surface area contributed by atoms with Crippen molar-refractivity contribution in [3.8, 4) is 0 Å². The van der Waals surface area contributed by atoms with Crippen LogP contribution in [0.2, 0.25) is 0 Å². The van der Waals surface area contributed by atoms with Gasteiger partial charge in [0, 0.05) is 18.2 Å². The molecule has 1 aromatic heterocycles. The third-order valence-electron chi connectivity index (χ3n) is 2.42. The van der Waals surface area contributed by atoms with Gasteiger partial charge in [0.2, 0.25) is 0 Å². The molecule has 17 heavy (non-hydrogen) atoms. The molecule has 2 rings (SSSR count). The summed E-state index contributed by atoms with van der Waals surface area (Å²) < 4.78 is 0. The lowest BCUT2D eigenvalue weighted by molar-refractivity contribution is 0.0688. The Balaban J connectivity index is 2.36. The number of aromatic carboxylic acids is 1. The molecule has 4 heteroatoms. The number of aryl methyl sites for hydroxylation is 1. The third kappa shape index (κ3) is 2.66. The Bertz CT molecular complexity index is 538. The molecular formula is C13H12N2O2. The first-order chi connectivity index (χ1) is 8.16. The van der Waals surface area contributed by atoms with Crippen molar-refractivity contribution >= 4 is 5.97 Å². The molecular weight excluding hydrogens is 216 g/mol. The van der Waals surface area contributed by atoms with Crippen LogP contribution in [0, 0.1) is 6.92 Å². The van der Waals surface area contributed by atoms with Gasteiger partial charge >= 0.3 is 5.97 Å². The van der Waals surface area contributed by atoms with E-state index < -0.39 is 5.97 Å². The maximum absolute atomic E-state index is 11.1. The lowest BCUT2D eigenvalue weighted by Gasteiger charge is -2.05. The predicted octanol–water partition coefficient (Wildman–Crippen LogP) is 2.07. The number of rotatable bonds is 3. The van der Waals surface area contributed by atoms with Gasteiger partial charge in [0.15, 0.2) is 5.69 Å². The van der Waals surface area contributed by atoms with Crippen molar-refractivity contribution in [2.45, 2.75) is 13.3 Å². The van der Waals surface area contributed by atoms with Gasteiger partial charge in [-0.05, 0) is 12.5 Å². The fourth-order valence-electron chi connectivity index (χ4n) is 1.63. The Morgan fingerprint density at radius 2 is 2.00 bits per heavy atom. The minimum absolute atomic E-state index is 0.0846. The van der Waals surface area contributed by atoms with Crippen LogP contribution in [0.4, 0.5) is 0 Å². The normalized spacial score (nSPS) is 10.2. The minimum atomic E-state index is -1.01. The molecule has 1 N–H and O–H groups in total. The highest BCUT2D eigenvalue weighted by Gasteiger charge is 2.13. The van der Waals surface area contributed by atoms with E-state index in [-0.39, 0.29) is 5.69 Å². The van der Waals surface area contributed by atoms with Crippen LogP contribution < -0.4 is 0 Å². The molecule has 0 saturated heterocycles. The number of carboxylic acids is 1. The molecule has 1 heterocycles. The highest BCUT2D eigenvalue weighted by Crippen LogP contribution is 2.12. The fourth-order valence-corrected chi connectivity index (χ4v) is 1.63. The Morgan fingerprint density at radius 1 is 1.29 bits per heavy atom. The van der Waals surface area contributed by atoms with E-state index in [4.69, 9.17) is 5.11 Å². The first-order valence-electron chi connectivity index (χ1n) is 5.26. The summed E-state index contributed by atoms with van der Waals surface area (Å²) in [5.41, 5.74) is 1.76. The zero-order valence-electron chi connectivity index (χ0n) is 9.42. The number of aromatic nitrogens is 2. The van der Waals surface area contributed by atoms with Crippen LogP contribution >= 0.6 is 0 Å². The second-order valence-electron chi connectivity index (χ2n) is 3.76. The second-order valence-corrected chi connectivity index (χ2v) is 3.76. The summed E-state index contributed by atoms with van der Waals surface area (Å²) in [6, 6.07) is 9.67. The van der Waals surface area contributed by atoms with E-state index in [1.54, 1.807) is 13.1 Å². The standard InChI is InChI=1S/C13H12N2O2/c1-9-14-8-11(12(15-9)13(16)17)7-10-5-3-2-4-6-10/h2-6,8H,7H2,1H3,(H,16,17). The Labute approximate surface area is 99.0 Å². The van der Waals surface area contributed by atoms with Gasteiger partial charge in [-0.1, -0.05) is 30.3 Å². The van der Waals surface area contributed by atoms with E-state index >= 15 is 0 Å². The molecule has 0 aliphatic heterocycles. The van der Waals surface area contributed by atoms with Crippen molar-refractivity contribution in [1.29, 1.82) is 0 Å². The monoisotopic (exact) mass is 228 g/mol. The second kappa shape index (κ2) is 4.74. The van der Waals surface area contributed by atoms with E-state index in [9.17, 15) is 4.79 Å².